The number of hydrogen-bond acceptors (Lipinski definition) is 7. The normalized spacial score (nSPS) is 31.9. The summed E-state index contributed by atoms with van der Waals surface area (Å²) in [5.41, 5.74) is 7.54. The Bertz CT molecular complexity index is 1320. The van der Waals surface area contributed by atoms with Crippen LogP contribution in [0.25, 0.3) is 0 Å². The molecule has 208 valence electrons. The zero-order valence-electron chi connectivity index (χ0n) is 22.5. The van der Waals surface area contributed by atoms with Crippen molar-refractivity contribution in [1.82, 2.24) is 24.2 Å². The Morgan fingerprint density at radius 1 is 1.21 bits per heavy atom. The number of halogens is 1. The lowest BCUT2D eigenvalue weighted by molar-refractivity contribution is -0.130. The molecule has 1 amide bonds. The molecule has 2 fully saturated rings. The third-order valence-corrected chi connectivity index (χ3v) is 8.98. The first-order valence-corrected chi connectivity index (χ1v) is 15.7. The molecule has 1 aromatic rings. The first-order chi connectivity index (χ1) is 17.8. The van der Waals surface area contributed by atoms with Gasteiger partial charge in [-0.25, -0.2) is 18.1 Å². The van der Waals surface area contributed by atoms with Crippen LogP contribution >= 0.6 is 11.6 Å². The highest BCUT2D eigenvalue weighted by atomic mass is 35.5. The van der Waals surface area contributed by atoms with Crippen LogP contribution in [0.2, 0.25) is 0 Å². The number of nitrogens with one attached hydrogen (secondary N) is 1. The van der Waals surface area contributed by atoms with E-state index in [0.717, 1.165) is 62.4 Å². The average Bonchev–Trinajstić information content (AvgIpc) is 3.47. The Kier molecular flexibility index (Phi) is 7.15. The highest BCUT2D eigenvalue weighted by Crippen LogP contribution is 2.38. The molecule has 0 saturated carbocycles. The molecule has 0 spiro atoms. The molecule has 3 aliphatic heterocycles. The number of aromatic nitrogens is 2. The summed E-state index contributed by atoms with van der Waals surface area (Å²) >= 11 is 6.60. The summed E-state index contributed by atoms with van der Waals surface area (Å²) in [6.07, 6.45) is 10.4. The molecule has 3 N–H and O–H groups in total. The van der Waals surface area contributed by atoms with Gasteiger partial charge in [-0.2, -0.15) is 5.10 Å². The van der Waals surface area contributed by atoms with Crippen molar-refractivity contribution in [2.45, 2.75) is 75.8 Å². The molecule has 4 heterocycles. The van der Waals surface area contributed by atoms with Crippen molar-refractivity contribution >= 4 is 33.4 Å². The lowest BCUT2D eigenvalue weighted by atomic mass is 9.92. The average molecular weight is 564 g/mol. The SMILES string of the molecule is CC1C(N2CC[C@H](N)C2)=Nn2cc([C@@H]3CCCCN3C(=O)C3=CC(C)(Cl)CC=C3NS(C)(=O)=O)nc2C1C. The van der Waals surface area contributed by atoms with Crippen molar-refractivity contribution in [1.29, 1.82) is 0 Å². The highest BCUT2D eigenvalue weighted by molar-refractivity contribution is 7.88. The van der Waals surface area contributed by atoms with E-state index < -0.39 is 14.9 Å². The molecule has 5 atom stereocenters. The van der Waals surface area contributed by atoms with Crippen molar-refractivity contribution in [3.63, 3.8) is 0 Å². The first-order valence-electron chi connectivity index (χ1n) is 13.4. The standard InChI is InChI=1S/C26H38ClN7O3S/c1-16-17(2)24(32-12-9-18(28)14-32)30-34-15-21(29-23(16)34)22-7-5-6-11-33(22)25(35)19-13-26(3,27)10-8-20(19)31-38(4,36)37/h8,13,15-18,22,31H,5-7,9-12,14,28H2,1-4H3/t16?,17?,18-,22-,26?/m0/s1. The topological polar surface area (TPSA) is 126 Å². The number of likely N-dealkylation sites (tertiary alicyclic amines) is 2. The third kappa shape index (κ3) is 5.37. The first kappa shape index (κ1) is 27.2. The Balaban J connectivity index is 1.46. The van der Waals surface area contributed by atoms with E-state index in [-0.39, 0.29) is 41.1 Å². The van der Waals surface area contributed by atoms with Crippen molar-refractivity contribution in [2.24, 2.45) is 16.8 Å². The minimum atomic E-state index is -3.57. The van der Waals surface area contributed by atoms with E-state index in [2.05, 4.69) is 23.5 Å². The lowest BCUT2D eigenvalue weighted by Crippen LogP contribution is -2.42. The number of fused-ring (bicyclic) bond motifs is 1. The van der Waals surface area contributed by atoms with Gasteiger partial charge in [0.05, 0.1) is 40.3 Å². The smallest absolute Gasteiger partial charge is 0.256 e. The molecule has 0 bridgehead atoms. The van der Waals surface area contributed by atoms with Crippen molar-refractivity contribution in [3.8, 4) is 0 Å². The number of nitrogens with two attached hydrogens (primary N) is 1. The number of carbonyl (C=O) groups excluding carboxylic acids is 1. The van der Waals surface area contributed by atoms with Crippen LogP contribution in [0, 0.1) is 5.92 Å². The highest BCUT2D eigenvalue weighted by Gasteiger charge is 2.39. The Hall–Kier alpha value is -2.37. The van der Waals surface area contributed by atoms with Crippen LogP contribution in [-0.2, 0) is 14.8 Å². The van der Waals surface area contributed by atoms with E-state index in [1.54, 1.807) is 12.2 Å². The minimum Gasteiger partial charge on any atom is -0.357 e. The zero-order chi connectivity index (χ0) is 27.4. The van der Waals surface area contributed by atoms with Gasteiger partial charge in [-0.3, -0.25) is 9.52 Å². The Labute approximate surface area is 230 Å². The van der Waals surface area contributed by atoms with Gasteiger partial charge in [0.15, 0.2) is 0 Å². The second-order valence-electron chi connectivity index (χ2n) is 11.4. The Morgan fingerprint density at radius 2 is 1.97 bits per heavy atom. The summed E-state index contributed by atoms with van der Waals surface area (Å²) in [5, 5.41) is 4.96. The van der Waals surface area contributed by atoms with E-state index in [1.807, 2.05) is 22.7 Å². The summed E-state index contributed by atoms with van der Waals surface area (Å²) < 4.78 is 28.4. The van der Waals surface area contributed by atoms with E-state index >= 15 is 0 Å². The molecule has 0 aromatic carbocycles. The van der Waals surface area contributed by atoms with Crippen molar-refractivity contribution < 1.29 is 13.2 Å². The van der Waals surface area contributed by atoms with E-state index in [0.29, 0.717) is 13.0 Å². The number of sulfonamides is 1. The number of rotatable bonds is 4. The summed E-state index contributed by atoms with van der Waals surface area (Å²) in [5.74, 6) is 2.05. The van der Waals surface area contributed by atoms with Gasteiger partial charge in [0.25, 0.3) is 5.91 Å². The zero-order valence-corrected chi connectivity index (χ0v) is 24.1. The summed E-state index contributed by atoms with van der Waals surface area (Å²) in [6, 6.07) is -0.0681. The van der Waals surface area contributed by atoms with Crippen LogP contribution in [-0.4, -0.2) is 76.4 Å². The maximum absolute atomic E-state index is 14.0. The summed E-state index contributed by atoms with van der Waals surface area (Å²) in [7, 11) is -3.57. The number of carbonyl (C=O) groups is 1. The molecule has 3 unspecified atom stereocenters. The third-order valence-electron chi connectivity index (χ3n) is 8.13. The quantitative estimate of drug-likeness (QED) is 0.542. The molecule has 0 radical (unpaired) electrons. The van der Waals surface area contributed by atoms with Gasteiger partial charge in [0, 0.05) is 37.5 Å². The van der Waals surface area contributed by atoms with E-state index in [4.69, 9.17) is 27.4 Å². The second kappa shape index (κ2) is 9.98. The van der Waals surface area contributed by atoms with Gasteiger partial charge < -0.3 is 15.5 Å². The molecule has 38 heavy (non-hydrogen) atoms. The molecule has 1 aromatic heterocycles. The number of imidazole rings is 1. The predicted molar refractivity (Wildman–Crippen MR) is 148 cm³/mol. The van der Waals surface area contributed by atoms with Crippen LogP contribution in [0.5, 0.6) is 0 Å². The van der Waals surface area contributed by atoms with Crippen molar-refractivity contribution in [2.75, 3.05) is 25.9 Å². The van der Waals surface area contributed by atoms with E-state index in [9.17, 15) is 13.2 Å². The monoisotopic (exact) mass is 563 g/mol. The van der Waals surface area contributed by atoms with Gasteiger partial charge in [0.1, 0.15) is 11.7 Å². The second-order valence-corrected chi connectivity index (χ2v) is 14.1. The number of hydrogen-bond donors (Lipinski definition) is 2. The number of alkyl halides is 1. The molecular weight excluding hydrogens is 526 g/mol. The van der Waals surface area contributed by atoms with Gasteiger partial charge in [-0.15, -0.1) is 11.6 Å². The maximum Gasteiger partial charge on any atom is 0.256 e. The van der Waals surface area contributed by atoms with E-state index in [1.165, 1.54) is 0 Å². The number of amidine groups is 1. The van der Waals surface area contributed by atoms with Gasteiger partial charge in [-0.05, 0) is 45.1 Å². The number of amides is 1. The minimum absolute atomic E-state index is 0.160. The molecule has 10 nitrogen and oxygen atoms in total. The molecule has 2 saturated heterocycles. The van der Waals surface area contributed by atoms with Gasteiger partial charge in [0.2, 0.25) is 10.0 Å². The lowest BCUT2D eigenvalue weighted by Gasteiger charge is -2.37. The molecule has 4 aliphatic rings. The van der Waals surface area contributed by atoms with Crippen LogP contribution in [0.4, 0.5) is 0 Å². The van der Waals surface area contributed by atoms with Crippen LogP contribution in [0.3, 0.4) is 0 Å². The molecule has 1 aliphatic carbocycles. The number of allylic oxidation sites excluding steroid dienone is 2. The van der Waals surface area contributed by atoms with Crippen LogP contribution in [0.1, 0.15) is 76.4 Å². The van der Waals surface area contributed by atoms with Crippen molar-refractivity contribution in [3.05, 3.63) is 41.1 Å². The van der Waals surface area contributed by atoms with Gasteiger partial charge >= 0.3 is 0 Å². The van der Waals surface area contributed by atoms with Crippen LogP contribution in [0.15, 0.2) is 34.7 Å². The molecular formula is C26H38ClN7O3S. The fourth-order valence-corrected chi connectivity index (χ4v) is 6.69. The molecule has 12 heteroatoms. The number of piperidine rings is 1. The van der Waals surface area contributed by atoms with Crippen LogP contribution < -0.4 is 10.5 Å². The fraction of sp³-hybridized carbons (Fsp3) is 0.654. The summed E-state index contributed by atoms with van der Waals surface area (Å²) in [4.78, 5) is 22.3. The number of nitrogens with zero attached hydrogens (tertiary/aromatic N) is 5. The fourth-order valence-electron chi connectivity index (χ4n) is 5.91. The molecule has 5 rings (SSSR count). The maximum atomic E-state index is 14.0. The predicted octanol–water partition coefficient (Wildman–Crippen LogP) is 2.65. The van der Waals surface area contributed by atoms with Gasteiger partial charge in [-0.1, -0.05) is 19.9 Å². The Morgan fingerprint density at radius 3 is 2.66 bits per heavy atom. The largest absolute Gasteiger partial charge is 0.357 e. The summed E-state index contributed by atoms with van der Waals surface area (Å²) in [6.45, 7) is 8.44.